The van der Waals surface area contributed by atoms with Crippen molar-refractivity contribution in [2.45, 2.75) is 44.9 Å². The molecule has 26 heavy (non-hydrogen) atoms. The quantitative estimate of drug-likeness (QED) is 0.898. The third kappa shape index (κ3) is 4.23. The lowest BCUT2D eigenvalue weighted by Gasteiger charge is -2.28. The van der Waals surface area contributed by atoms with E-state index in [0.717, 1.165) is 30.5 Å². The van der Waals surface area contributed by atoms with Gasteiger partial charge in [0.05, 0.1) is 6.20 Å². The smallest absolute Gasteiger partial charge is 0.247 e. The lowest BCUT2D eigenvalue weighted by atomic mass is 10.1. The van der Waals surface area contributed by atoms with Gasteiger partial charge in [-0.1, -0.05) is 12.8 Å². The highest BCUT2D eigenvalue weighted by Crippen LogP contribution is 2.23. The second-order valence-corrected chi connectivity index (χ2v) is 7.26. The topological polar surface area (TPSA) is 57.2 Å². The van der Waals surface area contributed by atoms with E-state index in [-0.39, 0.29) is 0 Å². The van der Waals surface area contributed by atoms with Crippen molar-refractivity contribution in [3.63, 3.8) is 0 Å². The molecule has 0 spiro atoms. The first-order valence-corrected chi connectivity index (χ1v) is 9.95. The Hall–Kier alpha value is -2.37. The normalized spacial score (nSPS) is 18.5. The lowest BCUT2D eigenvalue weighted by Crippen LogP contribution is -2.29. The SMILES string of the molecule is c1cc(N2CCCCC2)ccc1Nc1cnnc(N2CCCCCC2)n1. The van der Waals surface area contributed by atoms with Crippen LogP contribution >= 0.6 is 0 Å². The van der Waals surface area contributed by atoms with Crippen LogP contribution in [-0.4, -0.2) is 41.4 Å². The van der Waals surface area contributed by atoms with E-state index in [2.05, 4.69) is 54.6 Å². The summed E-state index contributed by atoms with van der Waals surface area (Å²) in [5.41, 5.74) is 2.34. The zero-order valence-corrected chi connectivity index (χ0v) is 15.4. The van der Waals surface area contributed by atoms with E-state index in [1.54, 1.807) is 6.20 Å². The molecule has 138 valence electrons. The molecule has 0 atom stereocenters. The Morgan fingerprint density at radius 1 is 0.731 bits per heavy atom. The molecule has 2 aromatic rings. The van der Waals surface area contributed by atoms with Gasteiger partial charge in [0.15, 0.2) is 5.82 Å². The maximum Gasteiger partial charge on any atom is 0.247 e. The second kappa shape index (κ2) is 8.34. The van der Waals surface area contributed by atoms with E-state index in [4.69, 9.17) is 0 Å². The van der Waals surface area contributed by atoms with Crippen molar-refractivity contribution in [2.75, 3.05) is 41.3 Å². The third-order valence-electron chi connectivity index (χ3n) is 5.30. The van der Waals surface area contributed by atoms with Crippen molar-refractivity contribution < 1.29 is 0 Å². The Morgan fingerprint density at radius 2 is 1.35 bits per heavy atom. The average molecular weight is 352 g/mol. The molecular formula is C20H28N6. The molecule has 0 aliphatic carbocycles. The first-order chi connectivity index (χ1) is 12.9. The molecule has 0 saturated carbocycles. The minimum atomic E-state index is 0.738. The molecule has 0 radical (unpaired) electrons. The molecule has 0 unspecified atom stereocenters. The van der Waals surface area contributed by atoms with E-state index in [0.29, 0.717) is 0 Å². The Kier molecular flexibility index (Phi) is 5.47. The predicted molar refractivity (Wildman–Crippen MR) is 106 cm³/mol. The fourth-order valence-corrected chi connectivity index (χ4v) is 3.81. The fraction of sp³-hybridized carbons (Fsp3) is 0.550. The van der Waals surface area contributed by atoms with E-state index in [9.17, 15) is 0 Å². The van der Waals surface area contributed by atoms with Crippen LogP contribution in [0.15, 0.2) is 30.5 Å². The van der Waals surface area contributed by atoms with Gasteiger partial charge in [0.25, 0.3) is 0 Å². The van der Waals surface area contributed by atoms with E-state index >= 15 is 0 Å². The standard InChI is InChI=1S/C20H28N6/c1-2-5-15-26(14-4-1)20-23-19(16-21-24-20)22-17-8-10-18(11-9-17)25-12-6-3-7-13-25/h8-11,16H,1-7,12-15H2,(H,22,23,24). The zero-order chi connectivity index (χ0) is 17.6. The summed E-state index contributed by atoms with van der Waals surface area (Å²) in [4.78, 5) is 9.40. The average Bonchev–Trinajstić information content (AvgIpc) is 2.99. The van der Waals surface area contributed by atoms with Gasteiger partial charge in [0.2, 0.25) is 5.95 Å². The van der Waals surface area contributed by atoms with Crippen molar-refractivity contribution in [3.8, 4) is 0 Å². The number of rotatable bonds is 4. The van der Waals surface area contributed by atoms with Crippen LogP contribution in [0.2, 0.25) is 0 Å². The minimum absolute atomic E-state index is 0.738. The van der Waals surface area contributed by atoms with E-state index in [1.165, 1.54) is 63.7 Å². The Labute approximate surface area is 155 Å². The van der Waals surface area contributed by atoms with Crippen LogP contribution in [0.25, 0.3) is 0 Å². The summed E-state index contributed by atoms with van der Waals surface area (Å²) in [6.07, 6.45) is 10.7. The molecule has 0 bridgehead atoms. The van der Waals surface area contributed by atoms with Gasteiger partial charge >= 0.3 is 0 Å². The summed E-state index contributed by atoms with van der Waals surface area (Å²) in [7, 11) is 0. The molecule has 2 saturated heterocycles. The Balaban J connectivity index is 1.42. The van der Waals surface area contributed by atoms with Crippen LogP contribution in [0.5, 0.6) is 0 Å². The Bertz CT molecular complexity index is 688. The number of piperidine rings is 1. The van der Waals surface area contributed by atoms with Crippen molar-refractivity contribution in [1.29, 1.82) is 0 Å². The summed E-state index contributed by atoms with van der Waals surface area (Å²) in [5.74, 6) is 1.49. The van der Waals surface area contributed by atoms with Gasteiger partial charge in [0.1, 0.15) is 0 Å². The highest BCUT2D eigenvalue weighted by atomic mass is 15.3. The van der Waals surface area contributed by atoms with Crippen LogP contribution in [0, 0.1) is 0 Å². The minimum Gasteiger partial charge on any atom is -0.372 e. The van der Waals surface area contributed by atoms with Gasteiger partial charge in [-0.3, -0.25) is 0 Å². The zero-order valence-electron chi connectivity index (χ0n) is 15.4. The Morgan fingerprint density at radius 3 is 2.04 bits per heavy atom. The molecule has 6 nitrogen and oxygen atoms in total. The molecule has 0 amide bonds. The molecule has 2 aliphatic heterocycles. The van der Waals surface area contributed by atoms with Crippen molar-refractivity contribution in [2.24, 2.45) is 0 Å². The van der Waals surface area contributed by atoms with Crippen molar-refractivity contribution >= 4 is 23.1 Å². The first-order valence-electron chi connectivity index (χ1n) is 9.95. The van der Waals surface area contributed by atoms with Gasteiger partial charge in [-0.25, -0.2) is 0 Å². The highest BCUT2D eigenvalue weighted by molar-refractivity contribution is 5.61. The number of hydrogen-bond acceptors (Lipinski definition) is 6. The molecule has 3 heterocycles. The van der Waals surface area contributed by atoms with Gasteiger partial charge in [-0.2, -0.15) is 10.1 Å². The van der Waals surface area contributed by atoms with Crippen LogP contribution in [0.3, 0.4) is 0 Å². The number of benzene rings is 1. The van der Waals surface area contributed by atoms with E-state index in [1.807, 2.05) is 0 Å². The maximum atomic E-state index is 4.68. The maximum absolute atomic E-state index is 4.68. The first kappa shape index (κ1) is 17.1. The van der Waals surface area contributed by atoms with Gasteiger partial charge < -0.3 is 15.1 Å². The van der Waals surface area contributed by atoms with Gasteiger partial charge in [-0.15, -0.1) is 5.10 Å². The summed E-state index contributed by atoms with van der Waals surface area (Å²) in [6.45, 7) is 4.38. The number of aromatic nitrogens is 3. The van der Waals surface area contributed by atoms with Crippen LogP contribution < -0.4 is 15.1 Å². The fourth-order valence-electron chi connectivity index (χ4n) is 3.81. The third-order valence-corrected chi connectivity index (χ3v) is 5.30. The van der Waals surface area contributed by atoms with Crippen LogP contribution in [0.1, 0.15) is 44.9 Å². The molecule has 1 aromatic carbocycles. The molecular weight excluding hydrogens is 324 g/mol. The summed E-state index contributed by atoms with van der Waals surface area (Å²) >= 11 is 0. The number of anilines is 4. The van der Waals surface area contributed by atoms with Crippen molar-refractivity contribution in [1.82, 2.24) is 15.2 Å². The monoisotopic (exact) mass is 352 g/mol. The molecule has 1 aromatic heterocycles. The summed E-state index contributed by atoms with van der Waals surface area (Å²) in [6, 6.07) is 8.63. The number of nitrogens with zero attached hydrogens (tertiary/aromatic N) is 5. The highest BCUT2D eigenvalue weighted by Gasteiger charge is 2.14. The molecule has 4 rings (SSSR count). The van der Waals surface area contributed by atoms with Crippen LogP contribution in [0.4, 0.5) is 23.1 Å². The molecule has 1 N–H and O–H groups in total. The summed E-state index contributed by atoms with van der Waals surface area (Å²) < 4.78 is 0. The van der Waals surface area contributed by atoms with Crippen molar-refractivity contribution in [3.05, 3.63) is 30.5 Å². The summed E-state index contributed by atoms with van der Waals surface area (Å²) in [5, 5.41) is 11.8. The van der Waals surface area contributed by atoms with Gasteiger partial charge in [0, 0.05) is 37.6 Å². The van der Waals surface area contributed by atoms with Gasteiger partial charge in [-0.05, 0) is 56.4 Å². The molecule has 2 fully saturated rings. The number of nitrogens with one attached hydrogen (secondary N) is 1. The largest absolute Gasteiger partial charge is 0.372 e. The number of hydrogen-bond donors (Lipinski definition) is 1. The predicted octanol–water partition coefficient (Wildman–Crippen LogP) is 3.99. The van der Waals surface area contributed by atoms with Crippen LogP contribution in [-0.2, 0) is 0 Å². The molecule has 6 heteroatoms. The second-order valence-electron chi connectivity index (χ2n) is 7.26. The molecule has 2 aliphatic rings. The lowest BCUT2D eigenvalue weighted by molar-refractivity contribution is 0.578. The van der Waals surface area contributed by atoms with E-state index < -0.39 is 0 Å².